The number of amides is 1. The van der Waals surface area contributed by atoms with Crippen molar-refractivity contribution >= 4 is 17.2 Å². The van der Waals surface area contributed by atoms with Crippen molar-refractivity contribution in [2.75, 3.05) is 19.6 Å². The Morgan fingerprint density at radius 1 is 1.47 bits per heavy atom. The summed E-state index contributed by atoms with van der Waals surface area (Å²) >= 11 is 1.71. The summed E-state index contributed by atoms with van der Waals surface area (Å²) in [6.45, 7) is 4.87. The van der Waals surface area contributed by atoms with Crippen molar-refractivity contribution in [2.24, 2.45) is 5.41 Å². The number of hydrogen-bond donors (Lipinski definition) is 2. The molecule has 19 heavy (non-hydrogen) atoms. The van der Waals surface area contributed by atoms with Crippen LogP contribution in [0.15, 0.2) is 16.8 Å². The number of piperidine rings is 1. The van der Waals surface area contributed by atoms with Gasteiger partial charge in [-0.25, -0.2) is 0 Å². The highest BCUT2D eigenvalue weighted by Crippen LogP contribution is 2.34. The highest BCUT2D eigenvalue weighted by molar-refractivity contribution is 7.07. The highest BCUT2D eigenvalue weighted by Gasteiger charge is 2.38. The molecule has 1 amide bonds. The van der Waals surface area contributed by atoms with E-state index < -0.39 is 0 Å². The van der Waals surface area contributed by atoms with Gasteiger partial charge in [0.1, 0.15) is 0 Å². The van der Waals surface area contributed by atoms with Crippen molar-refractivity contribution in [1.29, 1.82) is 0 Å². The van der Waals surface area contributed by atoms with Gasteiger partial charge in [0.25, 0.3) is 0 Å². The van der Waals surface area contributed by atoms with E-state index in [-0.39, 0.29) is 11.3 Å². The standard InChI is InChI=1S/C15H24N2OS/c1-2-5-15(6-9-16-10-7-15)14(18)17-8-3-13-4-11-19-12-13/h4,11-12,16H,2-3,5-10H2,1H3,(H,17,18). The van der Waals surface area contributed by atoms with Gasteiger partial charge in [0, 0.05) is 6.54 Å². The third-order valence-electron chi connectivity index (χ3n) is 4.05. The first kappa shape index (κ1) is 14.5. The lowest BCUT2D eigenvalue weighted by Crippen LogP contribution is -2.48. The Bertz CT molecular complexity index is 377. The van der Waals surface area contributed by atoms with E-state index in [1.54, 1.807) is 11.3 Å². The molecule has 4 heteroatoms. The predicted octanol–water partition coefficient (Wildman–Crippen LogP) is 2.58. The number of hydrogen-bond acceptors (Lipinski definition) is 3. The fraction of sp³-hybridized carbons (Fsp3) is 0.667. The molecule has 0 saturated carbocycles. The summed E-state index contributed by atoms with van der Waals surface area (Å²) in [5.74, 6) is 0.270. The van der Waals surface area contributed by atoms with Crippen LogP contribution in [0.25, 0.3) is 0 Å². The number of carbonyl (C=O) groups is 1. The zero-order valence-corrected chi connectivity index (χ0v) is 12.5. The fourth-order valence-electron chi connectivity index (χ4n) is 2.92. The van der Waals surface area contributed by atoms with Crippen molar-refractivity contribution in [3.8, 4) is 0 Å². The van der Waals surface area contributed by atoms with Gasteiger partial charge < -0.3 is 10.6 Å². The zero-order chi connectivity index (χ0) is 13.6. The lowest BCUT2D eigenvalue weighted by Gasteiger charge is -2.36. The number of thiophene rings is 1. The smallest absolute Gasteiger partial charge is 0.226 e. The van der Waals surface area contributed by atoms with Crippen molar-refractivity contribution < 1.29 is 4.79 Å². The third kappa shape index (κ3) is 3.80. The van der Waals surface area contributed by atoms with Crippen LogP contribution in [-0.4, -0.2) is 25.5 Å². The van der Waals surface area contributed by atoms with Gasteiger partial charge in [-0.05, 0) is 61.2 Å². The molecule has 2 rings (SSSR count). The first-order chi connectivity index (χ1) is 9.27. The van der Waals surface area contributed by atoms with E-state index in [2.05, 4.69) is 34.4 Å². The minimum atomic E-state index is -0.116. The topological polar surface area (TPSA) is 41.1 Å². The van der Waals surface area contributed by atoms with Crippen LogP contribution in [0.1, 0.15) is 38.2 Å². The van der Waals surface area contributed by atoms with Crippen LogP contribution in [0.3, 0.4) is 0 Å². The third-order valence-corrected chi connectivity index (χ3v) is 4.78. The lowest BCUT2D eigenvalue weighted by atomic mass is 9.74. The monoisotopic (exact) mass is 280 g/mol. The Morgan fingerprint density at radius 3 is 2.89 bits per heavy atom. The molecule has 2 N–H and O–H groups in total. The van der Waals surface area contributed by atoms with E-state index in [4.69, 9.17) is 0 Å². The van der Waals surface area contributed by atoms with Crippen LogP contribution in [-0.2, 0) is 11.2 Å². The van der Waals surface area contributed by atoms with Crippen LogP contribution in [0.2, 0.25) is 0 Å². The van der Waals surface area contributed by atoms with E-state index in [1.165, 1.54) is 5.56 Å². The van der Waals surface area contributed by atoms with Crippen molar-refractivity contribution in [2.45, 2.75) is 39.0 Å². The first-order valence-electron chi connectivity index (χ1n) is 7.27. The zero-order valence-electron chi connectivity index (χ0n) is 11.7. The Labute approximate surface area is 119 Å². The van der Waals surface area contributed by atoms with Crippen LogP contribution in [0.4, 0.5) is 0 Å². The number of rotatable bonds is 6. The normalized spacial score (nSPS) is 18.2. The molecule has 1 aromatic rings. The molecular formula is C15H24N2OS. The Kier molecular flexibility index (Phi) is 5.40. The molecule has 0 bridgehead atoms. The van der Waals surface area contributed by atoms with Crippen molar-refractivity contribution in [3.05, 3.63) is 22.4 Å². The van der Waals surface area contributed by atoms with Gasteiger partial charge in [-0.15, -0.1) is 0 Å². The van der Waals surface area contributed by atoms with Crippen LogP contribution < -0.4 is 10.6 Å². The van der Waals surface area contributed by atoms with Gasteiger partial charge >= 0.3 is 0 Å². The minimum Gasteiger partial charge on any atom is -0.355 e. The second kappa shape index (κ2) is 7.06. The lowest BCUT2D eigenvalue weighted by molar-refractivity contribution is -0.133. The molecule has 0 atom stereocenters. The SMILES string of the molecule is CCCC1(C(=O)NCCc2ccsc2)CCNCC1. The van der Waals surface area contributed by atoms with Crippen LogP contribution in [0.5, 0.6) is 0 Å². The summed E-state index contributed by atoms with van der Waals surface area (Å²) in [6, 6.07) is 2.13. The maximum atomic E-state index is 12.5. The maximum Gasteiger partial charge on any atom is 0.226 e. The van der Waals surface area contributed by atoms with Crippen LogP contribution in [0, 0.1) is 5.41 Å². The molecule has 1 fully saturated rings. The quantitative estimate of drug-likeness (QED) is 0.841. The van der Waals surface area contributed by atoms with Gasteiger partial charge in [-0.3, -0.25) is 4.79 Å². The highest BCUT2D eigenvalue weighted by atomic mass is 32.1. The predicted molar refractivity (Wildman–Crippen MR) is 80.5 cm³/mol. The van der Waals surface area contributed by atoms with Gasteiger partial charge in [-0.2, -0.15) is 11.3 Å². The van der Waals surface area contributed by atoms with Crippen LogP contribution >= 0.6 is 11.3 Å². The van der Waals surface area contributed by atoms with E-state index >= 15 is 0 Å². The van der Waals surface area contributed by atoms with Crippen molar-refractivity contribution in [1.82, 2.24) is 10.6 Å². The summed E-state index contributed by atoms with van der Waals surface area (Å²) in [5.41, 5.74) is 1.20. The van der Waals surface area contributed by atoms with E-state index in [0.717, 1.165) is 51.7 Å². The Balaban J connectivity index is 1.85. The van der Waals surface area contributed by atoms with Gasteiger partial charge in [0.05, 0.1) is 5.41 Å². The van der Waals surface area contributed by atoms with E-state index in [1.807, 2.05) is 0 Å². The average Bonchev–Trinajstić information content (AvgIpc) is 2.93. The minimum absolute atomic E-state index is 0.116. The Morgan fingerprint density at radius 2 is 2.26 bits per heavy atom. The molecule has 1 aromatic heterocycles. The average molecular weight is 280 g/mol. The van der Waals surface area contributed by atoms with Gasteiger partial charge in [-0.1, -0.05) is 13.3 Å². The molecule has 1 aliphatic heterocycles. The second-order valence-corrected chi connectivity index (χ2v) is 6.20. The Hall–Kier alpha value is -0.870. The molecule has 0 aliphatic carbocycles. The molecule has 0 spiro atoms. The van der Waals surface area contributed by atoms with Gasteiger partial charge in [0.2, 0.25) is 5.91 Å². The summed E-state index contributed by atoms with van der Waals surface area (Å²) < 4.78 is 0. The first-order valence-corrected chi connectivity index (χ1v) is 8.21. The molecule has 0 aromatic carbocycles. The summed E-state index contributed by atoms with van der Waals surface area (Å²) in [6.07, 6.45) is 4.99. The number of nitrogens with one attached hydrogen (secondary N) is 2. The molecule has 1 aliphatic rings. The molecule has 3 nitrogen and oxygen atoms in total. The number of carbonyl (C=O) groups excluding carboxylic acids is 1. The molecular weight excluding hydrogens is 256 g/mol. The molecule has 0 radical (unpaired) electrons. The van der Waals surface area contributed by atoms with Crippen molar-refractivity contribution in [3.63, 3.8) is 0 Å². The molecule has 1 saturated heterocycles. The summed E-state index contributed by atoms with van der Waals surface area (Å²) in [4.78, 5) is 12.5. The molecule has 2 heterocycles. The van der Waals surface area contributed by atoms with E-state index in [0.29, 0.717) is 0 Å². The fourth-order valence-corrected chi connectivity index (χ4v) is 3.62. The summed E-state index contributed by atoms with van der Waals surface area (Å²) in [7, 11) is 0. The second-order valence-electron chi connectivity index (χ2n) is 5.42. The maximum absolute atomic E-state index is 12.5. The molecule has 0 unspecified atom stereocenters. The molecule has 106 valence electrons. The largest absolute Gasteiger partial charge is 0.355 e. The van der Waals surface area contributed by atoms with Gasteiger partial charge in [0.15, 0.2) is 0 Å². The summed E-state index contributed by atoms with van der Waals surface area (Å²) in [5, 5.41) is 10.7. The van der Waals surface area contributed by atoms with E-state index in [9.17, 15) is 4.79 Å².